The second kappa shape index (κ2) is 7.30. The lowest BCUT2D eigenvalue weighted by molar-refractivity contribution is 0.1000. The van der Waals surface area contributed by atoms with Gasteiger partial charge in [-0.2, -0.15) is 0 Å². The Balaban J connectivity index is 1.70. The van der Waals surface area contributed by atoms with Crippen LogP contribution in [0.15, 0.2) is 24.3 Å². The second-order valence-corrected chi connectivity index (χ2v) is 6.69. The number of piperazine rings is 1. The molecule has 1 aliphatic heterocycles. The largest absolute Gasteiger partial charge is 0.365 e. The van der Waals surface area contributed by atoms with Gasteiger partial charge in [0.15, 0.2) is 0 Å². The van der Waals surface area contributed by atoms with Gasteiger partial charge in [0.05, 0.1) is 11.3 Å². The number of nitrogens with zero attached hydrogens (tertiary/aromatic N) is 3. The van der Waals surface area contributed by atoms with Gasteiger partial charge in [0.2, 0.25) is 0 Å². The molecule has 1 unspecified atom stereocenters. The molecular formula is C18H25FN4O. The van der Waals surface area contributed by atoms with Gasteiger partial charge in [-0.3, -0.25) is 9.69 Å². The fourth-order valence-electron chi connectivity index (χ4n) is 3.73. The van der Waals surface area contributed by atoms with Crippen LogP contribution in [-0.2, 0) is 6.67 Å². The standard InChI is InChI=1S/C18H25FN4O/c1-13-3-2-4-15(11-13)22-7-9-23(10-8-22)18-16(17(20)24)6-5-14(12-19)21-18/h5-6,15H,1-4,7-12H2,(H2,20,24). The highest BCUT2D eigenvalue weighted by atomic mass is 19.1. The zero-order valence-electron chi connectivity index (χ0n) is 14.0. The number of pyridine rings is 1. The molecule has 130 valence electrons. The molecule has 2 aliphatic rings. The number of aromatic nitrogens is 1. The van der Waals surface area contributed by atoms with E-state index >= 15 is 0 Å². The number of carbonyl (C=O) groups excluding carboxylic acids is 1. The van der Waals surface area contributed by atoms with Crippen LogP contribution in [0.2, 0.25) is 0 Å². The molecule has 1 saturated carbocycles. The molecule has 6 heteroatoms. The summed E-state index contributed by atoms with van der Waals surface area (Å²) in [5, 5.41) is 0. The Morgan fingerprint density at radius 1 is 1.33 bits per heavy atom. The molecule has 2 heterocycles. The number of anilines is 1. The Hall–Kier alpha value is -1.95. The minimum Gasteiger partial charge on any atom is -0.365 e. The summed E-state index contributed by atoms with van der Waals surface area (Å²) < 4.78 is 12.9. The molecule has 0 spiro atoms. The smallest absolute Gasteiger partial charge is 0.252 e. The van der Waals surface area contributed by atoms with E-state index in [2.05, 4.69) is 16.5 Å². The maximum atomic E-state index is 12.9. The molecule has 1 amide bonds. The van der Waals surface area contributed by atoms with E-state index in [1.807, 2.05) is 4.90 Å². The van der Waals surface area contributed by atoms with Crippen molar-refractivity contribution in [1.82, 2.24) is 9.88 Å². The number of carbonyl (C=O) groups is 1. The SMILES string of the molecule is C=C1CCCC(N2CCN(c3nc(CF)ccc3C(N)=O)CC2)C1. The normalized spacial score (nSPS) is 22.6. The lowest BCUT2D eigenvalue weighted by Crippen LogP contribution is -2.51. The van der Waals surface area contributed by atoms with E-state index < -0.39 is 12.6 Å². The van der Waals surface area contributed by atoms with Gasteiger partial charge < -0.3 is 10.6 Å². The topological polar surface area (TPSA) is 62.5 Å². The van der Waals surface area contributed by atoms with E-state index in [0.717, 1.165) is 39.0 Å². The number of hydrogen-bond acceptors (Lipinski definition) is 4. The third kappa shape index (κ3) is 3.59. The van der Waals surface area contributed by atoms with E-state index in [9.17, 15) is 9.18 Å². The van der Waals surface area contributed by atoms with Crippen LogP contribution in [-0.4, -0.2) is 48.0 Å². The fraction of sp³-hybridized carbons (Fsp3) is 0.556. The first kappa shape index (κ1) is 16.9. The number of halogens is 1. The average Bonchev–Trinajstić information content (AvgIpc) is 2.61. The van der Waals surface area contributed by atoms with E-state index in [0.29, 0.717) is 23.1 Å². The molecular weight excluding hydrogens is 307 g/mol. The first-order valence-corrected chi connectivity index (χ1v) is 8.60. The summed E-state index contributed by atoms with van der Waals surface area (Å²) >= 11 is 0. The zero-order chi connectivity index (χ0) is 17.1. The summed E-state index contributed by atoms with van der Waals surface area (Å²) in [6.45, 7) is 6.86. The first-order chi connectivity index (χ1) is 11.6. The number of alkyl halides is 1. The number of hydrogen-bond donors (Lipinski definition) is 1. The van der Waals surface area contributed by atoms with Crippen LogP contribution >= 0.6 is 0 Å². The highest BCUT2D eigenvalue weighted by Crippen LogP contribution is 2.28. The van der Waals surface area contributed by atoms with Crippen LogP contribution in [0.4, 0.5) is 10.2 Å². The van der Waals surface area contributed by atoms with Crippen LogP contribution in [0.25, 0.3) is 0 Å². The van der Waals surface area contributed by atoms with E-state index in [-0.39, 0.29) is 0 Å². The third-order valence-corrected chi connectivity index (χ3v) is 5.06. The number of amides is 1. The lowest BCUT2D eigenvalue weighted by Gasteiger charge is -2.41. The summed E-state index contributed by atoms with van der Waals surface area (Å²) in [6.07, 6.45) is 4.68. The molecule has 2 fully saturated rings. The summed E-state index contributed by atoms with van der Waals surface area (Å²) in [5.41, 5.74) is 7.50. The van der Waals surface area contributed by atoms with Gasteiger partial charge in [-0.1, -0.05) is 12.2 Å². The molecule has 1 aromatic heterocycles. The number of primary amides is 1. The van der Waals surface area contributed by atoms with Crippen molar-refractivity contribution in [1.29, 1.82) is 0 Å². The first-order valence-electron chi connectivity index (χ1n) is 8.60. The molecule has 24 heavy (non-hydrogen) atoms. The maximum Gasteiger partial charge on any atom is 0.252 e. The minimum absolute atomic E-state index is 0.334. The van der Waals surface area contributed by atoms with Gasteiger partial charge in [0.1, 0.15) is 12.5 Å². The summed E-state index contributed by atoms with van der Waals surface area (Å²) in [6, 6.07) is 3.68. The van der Waals surface area contributed by atoms with Crippen LogP contribution in [0.5, 0.6) is 0 Å². The number of rotatable bonds is 4. The Labute approximate surface area is 142 Å². The van der Waals surface area contributed by atoms with Crippen molar-refractivity contribution in [3.63, 3.8) is 0 Å². The summed E-state index contributed by atoms with van der Waals surface area (Å²) in [4.78, 5) is 20.5. The summed E-state index contributed by atoms with van der Waals surface area (Å²) in [5.74, 6) is -0.000675. The average molecular weight is 332 g/mol. The van der Waals surface area contributed by atoms with Gasteiger partial charge in [-0.25, -0.2) is 9.37 Å². The molecule has 1 aromatic rings. The van der Waals surface area contributed by atoms with Crippen molar-refractivity contribution in [3.05, 3.63) is 35.5 Å². The van der Waals surface area contributed by atoms with Crippen LogP contribution in [0, 0.1) is 0 Å². The Morgan fingerprint density at radius 2 is 2.08 bits per heavy atom. The van der Waals surface area contributed by atoms with E-state index in [1.165, 1.54) is 24.5 Å². The van der Waals surface area contributed by atoms with E-state index in [1.54, 1.807) is 6.07 Å². The molecule has 3 rings (SSSR count). The van der Waals surface area contributed by atoms with Gasteiger partial charge in [-0.05, 0) is 37.8 Å². The third-order valence-electron chi connectivity index (χ3n) is 5.06. The van der Waals surface area contributed by atoms with Gasteiger partial charge in [0, 0.05) is 32.2 Å². The Bertz CT molecular complexity index is 625. The lowest BCUT2D eigenvalue weighted by atomic mass is 9.90. The van der Waals surface area contributed by atoms with Gasteiger partial charge in [-0.15, -0.1) is 0 Å². The molecule has 2 N–H and O–H groups in total. The zero-order valence-corrected chi connectivity index (χ0v) is 14.0. The molecule has 1 aliphatic carbocycles. The summed E-state index contributed by atoms with van der Waals surface area (Å²) in [7, 11) is 0. The molecule has 1 atom stereocenters. The van der Waals surface area contributed by atoms with Crippen LogP contribution < -0.4 is 10.6 Å². The van der Waals surface area contributed by atoms with Crippen molar-refractivity contribution in [2.45, 2.75) is 38.4 Å². The van der Waals surface area contributed by atoms with Crippen molar-refractivity contribution < 1.29 is 9.18 Å². The predicted molar refractivity (Wildman–Crippen MR) is 92.7 cm³/mol. The van der Waals surface area contributed by atoms with Crippen LogP contribution in [0.3, 0.4) is 0 Å². The van der Waals surface area contributed by atoms with Crippen molar-refractivity contribution in [2.24, 2.45) is 5.73 Å². The van der Waals surface area contributed by atoms with Crippen molar-refractivity contribution in [2.75, 3.05) is 31.1 Å². The molecule has 0 bridgehead atoms. The molecule has 0 aromatic carbocycles. The Morgan fingerprint density at radius 3 is 2.71 bits per heavy atom. The molecule has 1 saturated heterocycles. The van der Waals surface area contributed by atoms with Gasteiger partial charge >= 0.3 is 0 Å². The van der Waals surface area contributed by atoms with Gasteiger partial charge in [0.25, 0.3) is 5.91 Å². The second-order valence-electron chi connectivity index (χ2n) is 6.69. The maximum absolute atomic E-state index is 12.9. The minimum atomic E-state index is -0.643. The Kier molecular flexibility index (Phi) is 5.14. The van der Waals surface area contributed by atoms with E-state index in [4.69, 9.17) is 5.73 Å². The fourth-order valence-corrected chi connectivity index (χ4v) is 3.73. The quantitative estimate of drug-likeness (QED) is 0.859. The highest BCUT2D eigenvalue weighted by molar-refractivity contribution is 5.97. The van der Waals surface area contributed by atoms with Crippen molar-refractivity contribution in [3.8, 4) is 0 Å². The molecule has 5 nitrogen and oxygen atoms in total. The molecule has 0 radical (unpaired) electrons. The number of nitrogens with two attached hydrogens (primary N) is 1. The monoisotopic (exact) mass is 332 g/mol. The van der Waals surface area contributed by atoms with Crippen molar-refractivity contribution >= 4 is 11.7 Å². The highest BCUT2D eigenvalue weighted by Gasteiger charge is 2.28. The predicted octanol–water partition coefficient (Wildman–Crippen LogP) is 2.27. The van der Waals surface area contributed by atoms with Crippen LogP contribution in [0.1, 0.15) is 41.7 Å².